The standard InChI is InChI=1S/C27H36FN3O4/c1-16(17-10-12-35-13-11-17)29-22-5-3-2-4-18(22)14-19-6-7-20-21(25(19)28)15-31(27(20)34)23-8-9-24(32)30-26(23)33/h6-7,16-18,22-23,29H,2-5,8-15H2,1H3,(H,30,32,33)/t16-,18-,22+,23?/m1/s1. The lowest BCUT2D eigenvalue weighted by Gasteiger charge is -2.38. The van der Waals surface area contributed by atoms with E-state index in [1.165, 1.54) is 11.3 Å². The van der Waals surface area contributed by atoms with E-state index in [0.717, 1.165) is 45.3 Å². The number of piperidine rings is 1. The molecule has 1 saturated carbocycles. The maximum Gasteiger partial charge on any atom is 0.255 e. The van der Waals surface area contributed by atoms with Crippen LogP contribution in [0.3, 0.4) is 0 Å². The van der Waals surface area contributed by atoms with Gasteiger partial charge in [-0.3, -0.25) is 19.7 Å². The number of hydrogen-bond donors (Lipinski definition) is 2. The SMILES string of the molecule is C[C@@H](N[C@H]1CCCC[C@@H]1Cc1ccc2c(c1F)CN(C1CCC(=O)NC1=O)C2=O)C1CCOCC1. The number of ether oxygens (including phenoxy) is 1. The number of hydrogen-bond acceptors (Lipinski definition) is 5. The van der Waals surface area contributed by atoms with Crippen LogP contribution in [0.1, 0.15) is 79.8 Å². The highest BCUT2D eigenvalue weighted by molar-refractivity contribution is 6.05. The molecule has 7 nitrogen and oxygen atoms in total. The van der Waals surface area contributed by atoms with Gasteiger partial charge in [-0.25, -0.2) is 4.39 Å². The molecule has 1 aliphatic carbocycles. The van der Waals surface area contributed by atoms with Crippen LogP contribution >= 0.6 is 0 Å². The summed E-state index contributed by atoms with van der Waals surface area (Å²) < 4.78 is 21.2. The van der Waals surface area contributed by atoms with E-state index in [0.29, 0.717) is 47.0 Å². The van der Waals surface area contributed by atoms with Crippen LogP contribution in [0, 0.1) is 17.7 Å². The monoisotopic (exact) mass is 485 g/mol. The molecule has 8 heteroatoms. The number of amides is 3. The normalized spacial score (nSPS) is 28.7. The summed E-state index contributed by atoms with van der Waals surface area (Å²) in [6, 6.07) is 3.52. The van der Waals surface area contributed by atoms with Crippen molar-refractivity contribution in [1.82, 2.24) is 15.5 Å². The minimum atomic E-state index is -0.728. The van der Waals surface area contributed by atoms with Gasteiger partial charge in [-0.05, 0) is 68.9 Å². The predicted molar refractivity (Wildman–Crippen MR) is 128 cm³/mol. The van der Waals surface area contributed by atoms with Crippen molar-refractivity contribution in [2.75, 3.05) is 13.2 Å². The molecule has 1 unspecified atom stereocenters. The fourth-order valence-electron chi connectivity index (χ4n) is 6.45. The van der Waals surface area contributed by atoms with Gasteiger partial charge in [0.05, 0.1) is 6.54 Å². The molecule has 0 spiro atoms. The molecule has 0 bridgehead atoms. The number of benzene rings is 1. The smallest absolute Gasteiger partial charge is 0.255 e. The van der Waals surface area contributed by atoms with Crippen molar-refractivity contribution >= 4 is 17.7 Å². The Labute approximate surface area is 206 Å². The number of imide groups is 1. The summed E-state index contributed by atoms with van der Waals surface area (Å²) in [5.74, 6) is -0.479. The number of rotatable bonds is 6. The van der Waals surface area contributed by atoms with Crippen molar-refractivity contribution in [3.8, 4) is 0 Å². The van der Waals surface area contributed by atoms with Crippen LogP contribution in [0.5, 0.6) is 0 Å². The zero-order valence-corrected chi connectivity index (χ0v) is 20.5. The van der Waals surface area contributed by atoms with E-state index in [1.54, 1.807) is 12.1 Å². The molecule has 190 valence electrons. The van der Waals surface area contributed by atoms with E-state index in [9.17, 15) is 14.4 Å². The highest BCUT2D eigenvalue weighted by Crippen LogP contribution is 2.34. The molecule has 3 amide bonds. The van der Waals surface area contributed by atoms with Crippen LogP contribution < -0.4 is 10.6 Å². The summed E-state index contributed by atoms with van der Waals surface area (Å²) >= 11 is 0. The van der Waals surface area contributed by atoms with Crippen LogP contribution in [0.2, 0.25) is 0 Å². The summed E-state index contributed by atoms with van der Waals surface area (Å²) in [4.78, 5) is 38.2. The predicted octanol–water partition coefficient (Wildman–Crippen LogP) is 3.09. The summed E-state index contributed by atoms with van der Waals surface area (Å²) in [7, 11) is 0. The molecule has 1 aromatic rings. The second-order valence-corrected chi connectivity index (χ2v) is 10.7. The molecular formula is C27H36FN3O4. The quantitative estimate of drug-likeness (QED) is 0.605. The van der Waals surface area contributed by atoms with E-state index in [1.807, 2.05) is 0 Å². The Balaban J connectivity index is 1.28. The van der Waals surface area contributed by atoms with Gasteiger partial charge in [0.25, 0.3) is 5.91 Å². The third-order valence-electron chi connectivity index (χ3n) is 8.57. The summed E-state index contributed by atoms with van der Waals surface area (Å²) in [6.07, 6.45) is 7.80. The van der Waals surface area contributed by atoms with Crippen molar-refractivity contribution in [2.24, 2.45) is 11.8 Å². The molecule has 5 rings (SSSR count). The number of halogens is 1. The van der Waals surface area contributed by atoms with Crippen LogP contribution in [0.4, 0.5) is 4.39 Å². The first-order chi connectivity index (χ1) is 16.9. The summed E-state index contributed by atoms with van der Waals surface area (Å²) in [6.45, 7) is 4.01. The number of carbonyl (C=O) groups excluding carboxylic acids is 3. The van der Waals surface area contributed by atoms with Crippen LogP contribution in [0.25, 0.3) is 0 Å². The van der Waals surface area contributed by atoms with E-state index < -0.39 is 11.9 Å². The van der Waals surface area contributed by atoms with Crippen LogP contribution in [0.15, 0.2) is 12.1 Å². The molecule has 4 atom stereocenters. The van der Waals surface area contributed by atoms with Crippen molar-refractivity contribution in [3.63, 3.8) is 0 Å². The van der Waals surface area contributed by atoms with Gasteiger partial charge in [0.2, 0.25) is 11.8 Å². The highest BCUT2D eigenvalue weighted by Gasteiger charge is 2.41. The van der Waals surface area contributed by atoms with Crippen molar-refractivity contribution < 1.29 is 23.5 Å². The summed E-state index contributed by atoms with van der Waals surface area (Å²) in [5.41, 5.74) is 1.37. The van der Waals surface area contributed by atoms with Crippen molar-refractivity contribution in [2.45, 2.75) is 89.4 Å². The first kappa shape index (κ1) is 24.4. The van der Waals surface area contributed by atoms with Crippen LogP contribution in [-0.4, -0.2) is 54.0 Å². The molecule has 1 aromatic carbocycles. The Morgan fingerprint density at radius 2 is 1.89 bits per heavy atom. The number of nitrogens with zero attached hydrogens (tertiary/aromatic N) is 1. The number of carbonyl (C=O) groups is 3. The van der Waals surface area contributed by atoms with E-state index in [2.05, 4.69) is 17.6 Å². The molecule has 2 saturated heterocycles. The Morgan fingerprint density at radius 3 is 2.66 bits per heavy atom. The van der Waals surface area contributed by atoms with Gasteiger partial charge in [0.1, 0.15) is 11.9 Å². The fourth-order valence-corrected chi connectivity index (χ4v) is 6.45. The first-order valence-corrected chi connectivity index (χ1v) is 13.2. The van der Waals surface area contributed by atoms with Crippen LogP contribution in [-0.2, 0) is 27.3 Å². The topological polar surface area (TPSA) is 87.7 Å². The van der Waals surface area contributed by atoms with Crippen molar-refractivity contribution in [1.29, 1.82) is 0 Å². The summed E-state index contributed by atoms with van der Waals surface area (Å²) in [5, 5.41) is 6.18. The van der Waals surface area contributed by atoms with Gasteiger partial charge in [0, 0.05) is 42.8 Å². The van der Waals surface area contributed by atoms with E-state index in [-0.39, 0.29) is 37.0 Å². The largest absolute Gasteiger partial charge is 0.381 e. The van der Waals surface area contributed by atoms with Gasteiger partial charge in [-0.2, -0.15) is 0 Å². The second kappa shape index (κ2) is 10.3. The van der Waals surface area contributed by atoms with E-state index >= 15 is 4.39 Å². The molecule has 3 fully saturated rings. The molecule has 3 heterocycles. The average Bonchev–Trinajstić information content (AvgIpc) is 3.19. The Morgan fingerprint density at radius 1 is 1.11 bits per heavy atom. The third kappa shape index (κ3) is 5.00. The number of nitrogens with one attached hydrogen (secondary N) is 2. The highest BCUT2D eigenvalue weighted by atomic mass is 19.1. The van der Waals surface area contributed by atoms with Gasteiger partial charge >= 0.3 is 0 Å². The fraction of sp³-hybridized carbons (Fsp3) is 0.667. The molecule has 4 aliphatic rings. The molecule has 0 aromatic heterocycles. The van der Waals surface area contributed by atoms with Gasteiger partial charge < -0.3 is 15.0 Å². The number of fused-ring (bicyclic) bond motifs is 1. The lowest BCUT2D eigenvalue weighted by molar-refractivity contribution is -0.136. The maximum absolute atomic E-state index is 15.7. The maximum atomic E-state index is 15.7. The zero-order chi connectivity index (χ0) is 24.5. The molecule has 35 heavy (non-hydrogen) atoms. The van der Waals surface area contributed by atoms with Gasteiger partial charge in [-0.15, -0.1) is 0 Å². The van der Waals surface area contributed by atoms with Gasteiger partial charge in [-0.1, -0.05) is 18.9 Å². The Hall–Kier alpha value is -2.32. The Bertz CT molecular complexity index is 993. The third-order valence-corrected chi connectivity index (χ3v) is 8.57. The second-order valence-electron chi connectivity index (χ2n) is 10.7. The lowest BCUT2D eigenvalue weighted by Crippen LogP contribution is -2.52. The molecule has 3 aliphatic heterocycles. The zero-order valence-electron chi connectivity index (χ0n) is 20.5. The minimum absolute atomic E-state index is 0.0766. The molecule has 0 radical (unpaired) electrons. The van der Waals surface area contributed by atoms with E-state index in [4.69, 9.17) is 4.74 Å². The average molecular weight is 486 g/mol. The molecule has 2 N–H and O–H groups in total. The Kier molecular flexibility index (Phi) is 7.21. The van der Waals surface area contributed by atoms with Crippen molar-refractivity contribution in [3.05, 3.63) is 34.6 Å². The van der Waals surface area contributed by atoms with Gasteiger partial charge in [0.15, 0.2) is 0 Å². The first-order valence-electron chi connectivity index (χ1n) is 13.2. The minimum Gasteiger partial charge on any atom is -0.381 e. The molecular weight excluding hydrogens is 449 g/mol. The lowest BCUT2D eigenvalue weighted by atomic mass is 9.79.